The maximum Gasteiger partial charge on any atom is 0.410 e. The lowest BCUT2D eigenvalue weighted by atomic mass is 9.81. The van der Waals surface area contributed by atoms with E-state index in [1.54, 1.807) is 0 Å². The van der Waals surface area contributed by atoms with Gasteiger partial charge >= 0.3 is 12.1 Å². The van der Waals surface area contributed by atoms with Crippen LogP contribution < -0.4 is 0 Å². The summed E-state index contributed by atoms with van der Waals surface area (Å²) in [4.78, 5) is 25.7. The fourth-order valence-electron chi connectivity index (χ4n) is 5.15. The summed E-state index contributed by atoms with van der Waals surface area (Å²) in [5.74, 6) is -0.413. The summed E-state index contributed by atoms with van der Waals surface area (Å²) >= 11 is 0. The Morgan fingerprint density at radius 3 is 2.54 bits per heavy atom. The Labute approximate surface area is 141 Å². The number of hydrogen-bond acceptors (Lipinski definition) is 3. The molecule has 5 nitrogen and oxygen atoms in total. The minimum atomic E-state index is -0.887. The van der Waals surface area contributed by atoms with Crippen LogP contribution >= 0.6 is 0 Å². The zero-order chi connectivity index (χ0) is 16.7. The van der Waals surface area contributed by atoms with Gasteiger partial charge in [-0.05, 0) is 29.7 Å². The number of nitrogens with zero attached hydrogens (tertiary/aromatic N) is 1. The number of aliphatic carboxylic acids is 1. The molecular formula is C19H23NO4. The third-order valence-corrected chi connectivity index (χ3v) is 6.27. The van der Waals surface area contributed by atoms with E-state index >= 15 is 0 Å². The number of carbonyl (C=O) groups excluding carboxylic acids is 1. The second kappa shape index (κ2) is 5.80. The van der Waals surface area contributed by atoms with Crippen molar-refractivity contribution in [2.24, 2.45) is 17.3 Å². The number of hydrogen-bond donors (Lipinski definition) is 1. The number of carboxylic acids is 1. The van der Waals surface area contributed by atoms with Gasteiger partial charge in [0.2, 0.25) is 0 Å². The first-order chi connectivity index (χ1) is 11.6. The first-order valence-electron chi connectivity index (χ1n) is 8.83. The number of benzene rings is 1. The molecule has 0 bridgehead atoms. The predicted molar refractivity (Wildman–Crippen MR) is 87.3 cm³/mol. The van der Waals surface area contributed by atoms with Gasteiger partial charge in [0, 0.05) is 12.5 Å². The SMILES string of the molecule is O=C(O)[C@@H]1[C@@H]2[C@H](CN1C(=O)OCc1ccccc1)C21CCCCC1. The van der Waals surface area contributed by atoms with Crippen molar-refractivity contribution >= 4 is 12.1 Å². The molecule has 1 amide bonds. The average molecular weight is 329 g/mol. The molecule has 3 atom stereocenters. The highest BCUT2D eigenvalue weighted by Crippen LogP contribution is 2.71. The number of piperidine rings is 1. The molecule has 2 saturated carbocycles. The van der Waals surface area contributed by atoms with Crippen LogP contribution in [0.1, 0.15) is 37.7 Å². The second-order valence-corrected chi connectivity index (χ2v) is 7.40. The van der Waals surface area contributed by atoms with Crippen molar-refractivity contribution in [1.82, 2.24) is 4.90 Å². The van der Waals surface area contributed by atoms with Crippen molar-refractivity contribution in [2.75, 3.05) is 6.54 Å². The van der Waals surface area contributed by atoms with Gasteiger partial charge in [-0.25, -0.2) is 9.59 Å². The molecule has 1 saturated heterocycles. The highest BCUT2D eigenvalue weighted by molar-refractivity contribution is 5.82. The Morgan fingerprint density at radius 2 is 1.88 bits per heavy atom. The third kappa shape index (κ3) is 2.38. The minimum Gasteiger partial charge on any atom is -0.480 e. The predicted octanol–water partition coefficient (Wildman–Crippen LogP) is 3.29. The average Bonchev–Trinajstić information content (AvgIpc) is 2.98. The standard InChI is InChI=1S/C19H23NO4/c21-17(22)16-15-14(19(15)9-5-2-6-10-19)11-20(16)18(23)24-12-13-7-3-1-4-8-13/h1,3-4,7-8,14-16H,2,5-6,9-12H2,(H,21,22)/t14-,15-,16-/m0/s1. The van der Waals surface area contributed by atoms with Crippen molar-refractivity contribution in [3.05, 3.63) is 35.9 Å². The summed E-state index contributed by atoms with van der Waals surface area (Å²) in [6.45, 7) is 0.720. The van der Waals surface area contributed by atoms with Crippen LogP contribution in [0.15, 0.2) is 30.3 Å². The van der Waals surface area contributed by atoms with E-state index in [9.17, 15) is 14.7 Å². The van der Waals surface area contributed by atoms with Gasteiger partial charge in [0.15, 0.2) is 0 Å². The molecule has 128 valence electrons. The van der Waals surface area contributed by atoms with Gasteiger partial charge in [-0.3, -0.25) is 4.90 Å². The lowest BCUT2D eigenvalue weighted by Gasteiger charge is -2.32. The fraction of sp³-hybridized carbons (Fsp3) is 0.579. The molecule has 24 heavy (non-hydrogen) atoms. The molecule has 4 rings (SSSR count). The molecule has 3 fully saturated rings. The molecule has 2 aliphatic carbocycles. The molecule has 0 radical (unpaired) electrons. The lowest BCUT2D eigenvalue weighted by molar-refractivity contribution is -0.143. The van der Waals surface area contributed by atoms with Gasteiger partial charge in [-0.2, -0.15) is 0 Å². The van der Waals surface area contributed by atoms with E-state index in [4.69, 9.17) is 4.74 Å². The quantitative estimate of drug-likeness (QED) is 0.924. The van der Waals surface area contributed by atoms with Crippen molar-refractivity contribution in [1.29, 1.82) is 0 Å². The second-order valence-electron chi connectivity index (χ2n) is 7.40. The van der Waals surface area contributed by atoms with Crippen molar-refractivity contribution in [3.63, 3.8) is 0 Å². The largest absolute Gasteiger partial charge is 0.480 e. The maximum absolute atomic E-state index is 12.4. The van der Waals surface area contributed by atoms with E-state index in [1.165, 1.54) is 24.2 Å². The Balaban J connectivity index is 1.43. The Morgan fingerprint density at radius 1 is 1.17 bits per heavy atom. The van der Waals surface area contributed by atoms with E-state index in [0.717, 1.165) is 18.4 Å². The third-order valence-electron chi connectivity index (χ3n) is 6.27. The number of carbonyl (C=O) groups is 2. The first-order valence-corrected chi connectivity index (χ1v) is 8.83. The summed E-state index contributed by atoms with van der Waals surface area (Å²) in [7, 11) is 0. The lowest BCUT2D eigenvalue weighted by Crippen LogP contribution is -2.46. The monoisotopic (exact) mass is 329 g/mol. The summed E-state index contributed by atoms with van der Waals surface area (Å²) in [6.07, 6.45) is 5.39. The molecule has 1 aliphatic heterocycles. The molecule has 1 N–H and O–H groups in total. The summed E-state index contributed by atoms with van der Waals surface area (Å²) in [6, 6.07) is 8.75. The van der Waals surface area contributed by atoms with Crippen LogP contribution in [0.3, 0.4) is 0 Å². The molecule has 3 aliphatic rings. The molecule has 5 heteroatoms. The van der Waals surface area contributed by atoms with Crippen LogP contribution in [0.4, 0.5) is 4.79 Å². The molecule has 1 aromatic rings. The summed E-state index contributed by atoms with van der Waals surface area (Å²) < 4.78 is 5.36. The Bertz CT molecular complexity index is 638. The zero-order valence-electron chi connectivity index (χ0n) is 13.7. The van der Waals surface area contributed by atoms with Crippen LogP contribution in [0.2, 0.25) is 0 Å². The maximum atomic E-state index is 12.4. The van der Waals surface area contributed by atoms with Crippen LogP contribution in [0.25, 0.3) is 0 Å². The first kappa shape index (κ1) is 15.5. The van der Waals surface area contributed by atoms with Gasteiger partial charge in [0.25, 0.3) is 0 Å². The van der Waals surface area contributed by atoms with Crippen molar-refractivity contribution < 1.29 is 19.4 Å². The van der Waals surface area contributed by atoms with Crippen LogP contribution in [-0.2, 0) is 16.1 Å². The van der Waals surface area contributed by atoms with Gasteiger partial charge < -0.3 is 9.84 Å². The molecular weight excluding hydrogens is 306 g/mol. The number of fused-ring (bicyclic) bond motifs is 3. The van der Waals surface area contributed by atoms with E-state index in [-0.39, 0.29) is 17.9 Å². The number of ether oxygens (including phenoxy) is 1. The topological polar surface area (TPSA) is 66.8 Å². The Hall–Kier alpha value is -2.04. The fourth-order valence-corrected chi connectivity index (χ4v) is 5.15. The van der Waals surface area contributed by atoms with E-state index in [0.29, 0.717) is 12.5 Å². The number of amides is 1. The van der Waals surface area contributed by atoms with Crippen LogP contribution in [0, 0.1) is 17.3 Å². The van der Waals surface area contributed by atoms with Crippen LogP contribution in [-0.4, -0.2) is 34.7 Å². The highest BCUT2D eigenvalue weighted by Gasteiger charge is 2.73. The summed E-state index contributed by atoms with van der Waals surface area (Å²) in [5, 5.41) is 9.68. The molecule has 0 aromatic heterocycles. The normalized spacial score (nSPS) is 30.0. The highest BCUT2D eigenvalue weighted by atomic mass is 16.6. The van der Waals surface area contributed by atoms with E-state index in [1.807, 2.05) is 30.3 Å². The molecule has 0 unspecified atom stereocenters. The van der Waals surface area contributed by atoms with E-state index in [2.05, 4.69) is 0 Å². The number of carboxylic acid groups (broad SMARTS) is 1. The van der Waals surface area contributed by atoms with Gasteiger partial charge in [0.05, 0.1) is 0 Å². The minimum absolute atomic E-state index is 0.125. The Kier molecular flexibility index (Phi) is 3.74. The number of rotatable bonds is 3. The number of likely N-dealkylation sites (tertiary alicyclic amines) is 1. The molecule has 1 aromatic carbocycles. The smallest absolute Gasteiger partial charge is 0.410 e. The summed E-state index contributed by atoms with van der Waals surface area (Å²) in [5.41, 5.74) is 1.10. The van der Waals surface area contributed by atoms with Gasteiger partial charge in [0.1, 0.15) is 12.6 Å². The van der Waals surface area contributed by atoms with Gasteiger partial charge in [-0.15, -0.1) is 0 Å². The molecule has 1 spiro atoms. The van der Waals surface area contributed by atoms with E-state index < -0.39 is 18.1 Å². The zero-order valence-corrected chi connectivity index (χ0v) is 13.7. The molecule has 1 heterocycles. The van der Waals surface area contributed by atoms with Gasteiger partial charge in [-0.1, -0.05) is 49.6 Å². The van der Waals surface area contributed by atoms with Crippen molar-refractivity contribution in [3.8, 4) is 0 Å². The van der Waals surface area contributed by atoms with Crippen molar-refractivity contribution in [2.45, 2.75) is 44.8 Å². The van der Waals surface area contributed by atoms with Crippen LogP contribution in [0.5, 0.6) is 0 Å².